The van der Waals surface area contributed by atoms with E-state index in [1.807, 2.05) is 19.9 Å². The van der Waals surface area contributed by atoms with E-state index in [1.54, 1.807) is 0 Å². The lowest BCUT2D eigenvalue weighted by atomic mass is 10.0. The minimum absolute atomic E-state index is 0.0475. The van der Waals surface area contributed by atoms with E-state index in [4.69, 9.17) is 0 Å². The van der Waals surface area contributed by atoms with E-state index in [-0.39, 0.29) is 17.5 Å². The van der Waals surface area contributed by atoms with E-state index in [9.17, 15) is 4.79 Å². The van der Waals surface area contributed by atoms with Gasteiger partial charge in [-0.25, -0.2) is 0 Å². The molecule has 0 aromatic heterocycles. The van der Waals surface area contributed by atoms with E-state index >= 15 is 0 Å². The molecule has 0 unspecified atom stereocenters. The smallest absolute Gasteiger partial charge is 0.234 e. The van der Waals surface area contributed by atoms with Crippen molar-refractivity contribution < 1.29 is 4.79 Å². The van der Waals surface area contributed by atoms with Crippen LogP contribution in [0.3, 0.4) is 0 Å². The Morgan fingerprint density at radius 3 is 2.63 bits per heavy atom. The van der Waals surface area contributed by atoms with Crippen LogP contribution in [0.1, 0.15) is 51.3 Å². The highest BCUT2D eigenvalue weighted by Crippen LogP contribution is 2.13. The lowest BCUT2D eigenvalue weighted by molar-refractivity contribution is -0.122. The average molecular weight is 262 g/mol. The highest BCUT2D eigenvalue weighted by Gasteiger charge is 2.17. The Balaban J connectivity index is 2.46. The summed E-state index contributed by atoms with van der Waals surface area (Å²) in [5, 5.41) is 6.28. The van der Waals surface area contributed by atoms with Gasteiger partial charge in [0.05, 0.1) is 6.54 Å². The van der Waals surface area contributed by atoms with Crippen molar-refractivity contribution in [2.24, 2.45) is 0 Å². The third-order valence-electron chi connectivity index (χ3n) is 3.47. The van der Waals surface area contributed by atoms with Crippen molar-refractivity contribution in [3.8, 4) is 0 Å². The Hall–Kier alpha value is -1.35. The molecule has 1 rings (SSSR count). The monoisotopic (exact) mass is 262 g/mol. The maximum atomic E-state index is 11.8. The summed E-state index contributed by atoms with van der Waals surface area (Å²) in [6.07, 6.45) is 0.923. The molecule has 0 aliphatic rings. The van der Waals surface area contributed by atoms with Crippen LogP contribution < -0.4 is 10.6 Å². The van der Waals surface area contributed by atoms with Crippen molar-refractivity contribution in [2.45, 2.75) is 52.6 Å². The fourth-order valence-electron chi connectivity index (χ4n) is 1.81. The van der Waals surface area contributed by atoms with Gasteiger partial charge in [0.1, 0.15) is 0 Å². The Morgan fingerprint density at radius 2 is 2.05 bits per heavy atom. The standard InChI is InChI=1S/C16H26N2O/c1-6-16(4,5)18-15(19)11-17-13(3)14-9-7-8-12(2)10-14/h7-10,13,17H,6,11H2,1-5H3,(H,18,19)/t13-/m0/s1. The number of aryl methyl sites for hydroxylation is 1. The summed E-state index contributed by atoms with van der Waals surface area (Å²) >= 11 is 0. The van der Waals surface area contributed by atoms with Gasteiger partial charge in [-0.15, -0.1) is 0 Å². The number of nitrogens with one attached hydrogen (secondary N) is 2. The van der Waals surface area contributed by atoms with Crippen LogP contribution in [0.5, 0.6) is 0 Å². The number of amides is 1. The molecule has 0 fully saturated rings. The fourth-order valence-corrected chi connectivity index (χ4v) is 1.81. The topological polar surface area (TPSA) is 41.1 Å². The first-order valence-corrected chi connectivity index (χ1v) is 6.95. The fraction of sp³-hybridized carbons (Fsp3) is 0.562. The van der Waals surface area contributed by atoms with Crippen molar-refractivity contribution in [2.75, 3.05) is 6.54 Å². The van der Waals surface area contributed by atoms with Gasteiger partial charge in [-0.1, -0.05) is 36.8 Å². The SMILES string of the molecule is CCC(C)(C)NC(=O)CN[C@@H](C)c1cccc(C)c1. The Labute approximate surface area is 116 Å². The van der Waals surface area contributed by atoms with Gasteiger partial charge in [-0.2, -0.15) is 0 Å². The Kier molecular flexibility index (Phi) is 5.55. The molecule has 1 aromatic rings. The molecule has 1 atom stereocenters. The van der Waals surface area contributed by atoms with Gasteiger partial charge in [0.25, 0.3) is 0 Å². The molecule has 0 bridgehead atoms. The third-order valence-corrected chi connectivity index (χ3v) is 3.47. The summed E-state index contributed by atoms with van der Waals surface area (Å²) in [5.41, 5.74) is 2.32. The van der Waals surface area contributed by atoms with Crippen molar-refractivity contribution >= 4 is 5.91 Å². The Bertz CT molecular complexity index is 427. The largest absolute Gasteiger partial charge is 0.350 e. The van der Waals surface area contributed by atoms with Crippen LogP contribution in [0.25, 0.3) is 0 Å². The molecule has 3 nitrogen and oxygen atoms in total. The summed E-state index contributed by atoms with van der Waals surface area (Å²) in [6.45, 7) is 10.6. The van der Waals surface area contributed by atoms with Crippen LogP contribution in [-0.4, -0.2) is 18.0 Å². The molecule has 0 radical (unpaired) electrons. The molecule has 19 heavy (non-hydrogen) atoms. The normalized spacial score (nSPS) is 13.1. The zero-order chi connectivity index (χ0) is 14.5. The van der Waals surface area contributed by atoms with Crippen molar-refractivity contribution in [1.29, 1.82) is 0 Å². The zero-order valence-electron chi connectivity index (χ0n) is 12.7. The quantitative estimate of drug-likeness (QED) is 0.827. The Morgan fingerprint density at radius 1 is 1.37 bits per heavy atom. The first-order valence-electron chi connectivity index (χ1n) is 6.95. The zero-order valence-corrected chi connectivity index (χ0v) is 12.7. The van der Waals surface area contributed by atoms with E-state index in [1.165, 1.54) is 11.1 Å². The van der Waals surface area contributed by atoms with Gasteiger partial charge in [-0.05, 0) is 39.7 Å². The highest BCUT2D eigenvalue weighted by molar-refractivity contribution is 5.78. The second-order valence-electron chi connectivity index (χ2n) is 5.80. The lowest BCUT2D eigenvalue weighted by Crippen LogP contribution is -2.46. The summed E-state index contributed by atoms with van der Waals surface area (Å²) < 4.78 is 0. The predicted octanol–water partition coefficient (Wildman–Crippen LogP) is 2.95. The molecule has 0 spiro atoms. The van der Waals surface area contributed by atoms with Gasteiger partial charge in [0.2, 0.25) is 5.91 Å². The first-order chi connectivity index (χ1) is 8.84. The number of rotatable bonds is 6. The first kappa shape index (κ1) is 15.7. The predicted molar refractivity (Wildman–Crippen MR) is 80.1 cm³/mol. The molecule has 0 aliphatic carbocycles. The van der Waals surface area contributed by atoms with Gasteiger partial charge in [0.15, 0.2) is 0 Å². The average Bonchev–Trinajstić information content (AvgIpc) is 2.35. The molecule has 3 heteroatoms. The van der Waals surface area contributed by atoms with Crippen molar-refractivity contribution in [1.82, 2.24) is 10.6 Å². The highest BCUT2D eigenvalue weighted by atomic mass is 16.2. The summed E-state index contributed by atoms with van der Waals surface area (Å²) in [5.74, 6) is 0.0475. The van der Waals surface area contributed by atoms with Gasteiger partial charge in [-0.3, -0.25) is 4.79 Å². The van der Waals surface area contributed by atoms with E-state index in [0.717, 1.165) is 6.42 Å². The number of carbonyl (C=O) groups is 1. The lowest BCUT2D eigenvalue weighted by Gasteiger charge is -2.25. The maximum absolute atomic E-state index is 11.8. The maximum Gasteiger partial charge on any atom is 0.234 e. The number of carbonyl (C=O) groups excluding carboxylic acids is 1. The molecule has 0 saturated heterocycles. The van der Waals surface area contributed by atoms with Crippen LogP contribution in [-0.2, 0) is 4.79 Å². The molecule has 106 valence electrons. The summed E-state index contributed by atoms with van der Waals surface area (Å²) in [6, 6.07) is 8.52. The van der Waals surface area contributed by atoms with E-state index in [2.05, 4.69) is 49.6 Å². The molecular weight excluding hydrogens is 236 g/mol. The van der Waals surface area contributed by atoms with Gasteiger partial charge in [0, 0.05) is 11.6 Å². The van der Waals surface area contributed by atoms with Gasteiger partial charge >= 0.3 is 0 Å². The molecule has 0 heterocycles. The van der Waals surface area contributed by atoms with Crippen LogP contribution >= 0.6 is 0 Å². The van der Waals surface area contributed by atoms with Crippen molar-refractivity contribution in [3.63, 3.8) is 0 Å². The van der Waals surface area contributed by atoms with Gasteiger partial charge < -0.3 is 10.6 Å². The van der Waals surface area contributed by atoms with E-state index < -0.39 is 0 Å². The second kappa shape index (κ2) is 6.71. The van der Waals surface area contributed by atoms with E-state index in [0.29, 0.717) is 6.54 Å². The van der Waals surface area contributed by atoms with Crippen LogP contribution in [0.2, 0.25) is 0 Å². The number of benzene rings is 1. The molecule has 0 aliphatic heterocycles. The van der Waals surface area contributed by atoms with Crippen LogP contribution in [0.15, 0.2) is 24.3 Å². The molecule has 1 aromatic carbocycles. The van der Waals surface area contributed by atoms with Crippen LogP contribution in [0, 0.1) is 6.92 Å². The third kappa shape index (κ3) is 5.43. The minimum atomic E-state index is -0.134. The second-order valence-corrected chi connectivity index (χ2v) is 5.80. The molecule has 2 N–H and O–H groups in total. The molecular formula is C16H26N2O. The molecule has 0 saturated carbocycles. The minimum Gasteiger partial charge on any atom is -0.350 e. The summed E-state index contributed by atoms with van der Waals surface area (Å²) in [4.78, 5) is 11.8. The van der Waals surface area contributed by atoms with Crippen LogP contribution in [0.4, 0.5) is 0 Å². The number of hydrogen-bond donors (Lipinski definition) is 2. The summed E-state index contributed by atoms with van der Waals surface area (Å²) in [7, 11) is 0. The number of hydrogen-bond acceptors (Lipinski definition) is 2. The molecule has 1 amide bonds. The van der Waals surface area contributed by atoms with Crippen molar-refractivity contribution in [3.05, 3.63) is 35.4 Å².